The van der Waals surface area contributed by atoms with Gasteiger partial charge in [0.25, 0.3) is 0 Å². The Kier molecular flexibility index (Phi) is 9.92. The highest BCUT2D eigenvalue weighted by Crippen LogP contribution is 2.52. The lowest BCUT2D eigenvalue weighted by Crippen LogP contribution is -2.24. The van der Waals surface area contributed by atoms with Gasteiger partial charge in [-0.25, -0.2) is 0 Å². The minimum atomic E-state index is -0.0914. The summed E-state index contributed by atoms with van der Waals surface area (Å²) < 4.78 is 6.73. The van der Waals surface area contributed by atoms with Gasteiger partial charge in [0, 0.05) is 16.9 Å². The maximum Gasteiger partial charge on any atom is 0.127 e. The van der Waals surface area contributed by atoms with Gasteiger partial charge in [-0.3, -0.25) is 4.99 Å². The van der Waals surface area contributed by atoms with E-state index in [1.165, 1.54) is 27.6 Å². The largest absolute Gasteiger partial charge is 0.488 e. The Morgan fingerprint density at radius 3 is 2.17 bits per heavy atom. The molecule has 0 saturated carbocycles. The Morgan fingerprint density at radius 1 is 0.861 bits per heavy atom. The highest BCUT2D eigenvalue weighted by Gasteiger charge is 2.34. The average Bonchev–Trinajstić information content (AvgIpc) is 2.89. The molecule has 36 heavy (non-hydrogen) atoms. The Balaban J connectivity index is 2.09. The number of benzene rings is 3. The molecule has 3 aromatic carbocycles. The number of aliphatic imine (C=N–C) groups is 1. The standard InChI is InChI=1S/C33H44NOP/c1-8-25(4)28-20-16-21-29(31(28)35-24-26-17-12-11-13-18-26)33(9-2,10-3)36-30-22-15-14-19-27(30)23-34-32(5,6)7/h11-23,25,36H,8-10,24H2,1-7H3/b34-23+. The zero-order valence-electron chi connectivity index (χ0n) is 23.3. The van der Waals surface area contributed by atoms with E-state index < -0.39 is 0 Å². The molecule has 0 aliphatic carbocycles. The highest BCUT2D eigenvalue weighted by molar-refractivity contribution is 7.48. The molecule has 2 unspecified atom stereocenters. The lowest BCUT2D eigenvalue weighted by atomic mass is 9.87. The molecule has 0 amide bonds. The van der Waals surface area contributed by atoms with Gasteiger partial charge in [0.1, 0.15) is 12.4 Å². The average molecular weight is 502 g/mol. The van der Waals surface area contributed by atoms with E-state index in [-0.39, 0.29) is 10.7 Å². The summed E-state index contributed by atoms with van der Waals surface area (Å²) in [4.78, 5) is 4.83. The van der Waals surface area contributed by atoms with E-state index in [9.17, 15) is 0 Å². The number of rotatable bonds is 11. The fourth-order valence-electron chi connectivity index (χ4n) is 4.55. The van der Waals surface area contributed by atoms with Crippen LogP contribution in [0.5, 0.6) is 5.75 Å². The van der Waals surface area contributed by atoms with Gasteiger partial charge >= 0.3 is 0 Å². The van der Waals surface area contributed by atoms with Gasteiger partial charge < -0.3 is 4.74 Å². The van der Waals surface area contributed by atoms with E-state index in [0.717, 1.165) is 25.0 Å². The Labute approximate surface area is 221 Å². The third-order valence-electron chi connectivity index (χ3n) is 7.06. The predicted octanol–water partition coefficient (Wildman–Crippen LogP) is 9.02. The van der Waals surface area contributed by atoms with Crippen LogP contribution in [0.2, 0.25) is 0 Å². The van der Waals surface area contributed by atoms with Crippen molar-refractivity contribution in [3.05, 3.63) is 95.1 Å². The van der Waals surface area contributed by atoms with Crippen molar-refractivity contribution in [3.8, 4) is 5.75 Å². The van der Waals surface area contributed by atoms with Crippen molar-refractivity contribution < 1.29 is 4.74 Å². The highest BCUT2D eigenvalue weighted by atomic mass is 31.1. The van der Waals surface area contributed by atoms with E-state index in [0.29, 0.717) is 21.1 Å². The van der Waals surface area contributed by atoms with Crippen LogP contribution in [-0.2, 0) is 11.8 Å². The smallest absolute Gasteiger partial charge is 0.127 e. The number of para-hydroxylation sites is 1. The molecule has 0 N–H and O–H groups in total. The summed E-state index contributed by atoms with van der Waals surface area (Å²) in [7, 11) is 0.622. The van der Waals surface area contributed by atoms with Crippen molar-refractivity contribution in [2.24, 2.45) is 4.99 Å². The van der Waals surface area contributed by atoms with E-state index in [1.807, 2.05) is 0 Å². The van der Waals surface area contributed by atoms with Crippen LogP contribution >= 0.6 is 8.58 Å². The second-order valence-electron chi connectivity index (χ2n) is 10.7. The van der Waals surface area contributed by atoms with Crippen LogP contribution in [0.4, 0.5) is 0 Å². The first-order chi connectivity index (χ1) is 17.2. The minimum Gasteiger partial charge on any atom is -0.488 e. The molecule has 2 atom stereocenters. The van der Waals surface area contributed by atoms with Gasteiger partial charge in [0.05, 0.1) is 5.54 Å². The Bertz CT molecular complexity index is 1130. The summed E-state index contributed by atoms with van der Waals surface area (Å²) in [6, 6.07) is 26.1. The molecule has 0 heterocycles. The number of nitrogens with zero attached hydrogens (tertiary/aromatic N) is 1. The molecule has 0 saturated heterocycles. The third-order valence-corrected chi connectivity index (χ3v) is 9.24. The summed E-state index contributed by atoms with van der Waals surface area (Å²) in [5.74, 6) is 1.53. The van der Waals surface area contributed by atoms with E-state index in [4.69, 9.17) is 9.73 Å². The van der Waals surface area contributed by atoms with Crippen molar-refractivity contribution >= 4 is 20.1 Å². The van der Waals surface area contributed by atoms with Crippen LogP contribution in [0.3, 0.4) is 0 Å². The topological polar surface area (TPSA) is 21.6 Å². The van der Waals surface area contributed by atoms with E-state index in [2.05, 4.69) is 127 Å². The van der Waals surface area contributed by atoms with Crippen molar-refractivity contribution in [3.63, 3.8) is 0 Å². The minimum absolute atomic E-state index is 0.00116. The zero-order chi connectivity index (χ0) is 26.2. The van der Waals surface area contributed by atoms with Gasteiger partial charge in [-0.05, 0) is 67.9 Å². The van der Waals surface area contributed by atoms with Crippen molar-refractivity contribution in [1.29, 1.82) is 0 Å². The van der Waals surface area contributed by atoms with Crippen LogP contribution in [0, 0.1) is 0 Å². The van der Waals surface area contributed by atoms with Gasteiger partial charge in [-0.15, -0.1) is 0 Å². The first-order valence-electron chi connectivity index (χ1n) is 13.5. The lowest BCUT2D eigenvalue weighted by molar-refractivity contribution is 0.293. The Morgan fingerprint density at radius 2 is 1.53 bits per heavy atom. The van der Waals surface area contributed by atoms with Gasteiger partial charge in [-0.1, -0.05) is 109 Å². The number of hydrogen-bond donors (Lipinski definition) is 0. The van der Waals surface area contributed by atoms with E-state index in [1.54, 1.807) is 0 Å². The molecule has 0 radical (unpaired) electrons. The molecule has 2 nitrogen and oxygen atoms in total. The molecule has 3 heteroatoms. The Hall–Kier alpha value is -2.44. The number of hydrogen-bond acceptors (Lipinski definition) is 2. The fourth-order valence-corrected chi connectivity index (χ4v) is 6.22. The van der Waals surface area contributed by atoms with Crippen LogP contribution in [0.15, 0.2) is 77.8 Å². The second kappa shape index (κ2) is 12.7. The molecule has 3 aromatic rings. The van der Waals surface area contributed by atoms with Crippen LogP contribution in [-0.4, -0.2) is 11.8 Å². The normalized spacial score (nSPS) is 13.5. The molecule has 3 rings (SSSR count). The first kappa shape index (κ1) is 28.1. The van der Waals surface area contributed by atoms with Crippen molar-refractivity contribution in [2.75, 3.05) is 0 Å². The molecule has 0 aromatic heterocycles. The summed E-state index contributed by atoms with van der Waals surface area (Å²) >= 11 is 0. The van der Waals surface area contributed by atoms with Gasteiger partial charge in [-0.2, -0.15) is 0 Å². The molecule has 0 bridgehead atoms. The molecule has 0 aliphatic rings. The first-order valence-corrected chi connectivity index (χ1v) is 14.5. The number of ether oxygens (including phenoxy) is 1. The fraction of sp³-hybridized carbons (Fsp3) is 0.424. The molecule has 0 aliphatic heterocycles. The molecule has 0 fully saturated rings. The van der Waals surface area contributed by atoms with Crippen molar-refractivity contribution in [2.45, 2.75) is 90.9 Å². The zero-order valence-corrected chi connectivity index (χ0v) is 24.3. The van der Waals surface area contributed by atoms with Crippen LogP contribution < -0.4 is 10.0 Å². The summed E-state index contributed by atoms with van der Waals surface area (Å²) in [5, 5.41) is 1.37. The van der Waals surface area contributed by atoms with Crippen LogP contribution in [0.25, 0.3) is 0 Å². The SMILES string of the molecule is CCC(C)c1cccc(C(CC)(CC)Pc2ccccc2/C=N/C(C)(C)C)c1OCc1ccccc1. The summed E-state index contributed by atoms with van der Waals surface area (Å²) in [5.41, 5.74) is 5.01. The summed E-state index contributed by atoms with van der Waals surface area (Å²) in [6.07, 6.45) is 5.27. The third kappa shape index (κ3) is 7.07. The van der Waals surface area contributed by atoms with Gasteiger partial charge in [0.15, 0.2) is 0 Å². The molecular weight excluding hydrogens is 457 g/mol. The van der Waals surface area contributed by atoms with Gasteiger partial charge in [0.2, 0.25) is 0 Å². The van der Waals surface area contributed by atoms with Crippen LogP contribution in [0.1, 0.15) is 95.9 Å². The molecule has 0 spiro atoms. The lowest BCUT2D eigenvalue weighted by Gasteiger charge is -2.36. The monoisotopic (exact) mass is 501 g/mol. The maximum atomic E-state index is 6.73. The van der Waals surface area contributed by atoms with Crippen molar-refractivity contribution in [1.82, 2.24) is 0 Å². The molecular formula is C33H44NOP. The summed E-state index contributed by atoms with van der Waals surface area (Å²) in [6.45, 7) is 16.3. The predicted molar refractivity (Wildman–Crippen MR) is 160 cm³/mol. The van der Waals surface area contributed by atoms with E-state index >= 15 is 0 Å². The molecule has 192 valence electrons. The maximum absolute atomic E-state index is 6.73. The quantitative estimate of drug-likeness (QED) is 0.190. The second-order valence-corrected chi connectivity index (χ2v) is 12.5.